The minimum atomic E-state index is 0.0200. The first kappa shape index (κ1) is 12.4. The zero-order chi connectivity index (χ0) is 14.1. The Morgan fingerprint density at radius 1 is 0.850 bits per heavy atom. The van der Waals surface area contributed by atoms with E-state index in [1.165, 1.54) is 0 Å². The number of hydrogen-bond acceptors (Lipinski definition) is 2. The first-order valence-electron chi connectivity index (χ1n) is 6.56. The molecule has 0 spiro atoms. The summed E-state index contributed by atoms with van der Waals surface area (Å²) in [5.74, 6) is 0.0200. The standard InChI is InChI=1S/C18H15NO/c1-12-14(9-5-11-17(12)19)18(20)16-10-4-7-13-6-2-3-8-15(13)16/h2-11H,19H2,1H3. The van der Waals surface area contributed by atoms with E-state index >= 15 is 0 Å². The molecule has 0 fully saturated rings. The van der Waals surface area contributed by atoms with Gasteiger partial charge in [0.05, 0.1) is 0 Å². The van der Waals surface area contributed by atoms with Gasteiger partial charge >= 0.3 is 0 Å². The Hall–Kier alpha value is -2.61. The average molecular weight is 261 g/mol. The molecule has 3 aromatic rings. The second kappa shape index (κ2) is 4.82. The molecular weight excluding hydrogens is 246 g/mol. The molecule has 0 saturated carbocycles. The van der Waals surface area contributed by atoms with Gasteiger partial charge in [-0.05, 0) is 29.3 Å². The molecule has 0 aliphatic rings. The van der Waals surface area contributed by atoms with Crippen LogP contribution in [-0.4, -0.2) is 5.78 Å². The normalized spacial score (nSPS) is 10.7. The van der Waals surface area contributed by atoms with E-state index in [9.17, 15) is 4.79 Å². The molecular formula is C18H15NO. The van der Waals surface area contributed by atoms with Crippen LogP contribution >= 0.6 is 0 Å². The van der Waals surface area contributed by atoms with Crippen LogP contribution in [0.15, 0.2) is 60.7 Å². The fraction of sp³-hybridized carbons (Fsp3) is 0.0556. The van der Waals surface area contributed by atoms with Gasteiger partial charge in [-0.15, -0.1) is 0 Å². The van der Waals surface area contributed by atoms with Crippen LogP contribution in [-0.2, 0) is 0 Å². The van der Waals surface area contributed by atoms with Crippen LogP contribution in [0.1, 0.15) is 21.5 Å². The van der Waals surface area contributed by atoms with Crippen LogP contribution in [0.2, 0.25) is 0 Å². The molecule has 20 heavy (non-hydrogen) atoms. The zero-order valence-corrected chi connectivity index (χ0v) is 11.3. The van der Waals surface area contributed by atoms with Gasteiger partial charge < -0.3 is 5.73 Å². The molecule has 2 heteroatoms. The molecule has 2 N–H and O–H groups in total. The Kier molecular flexibility index (Phi) is 2.99. The van der Waals surface area contributed by atoms with Crippen molar-refractivity contribution in [2.75, 3.05) is 5.73 Å². The van der Waals surface area contributed by atoms with E-state index in [-0.39, 0.29) is 5.78 Å². The van der Waals surface area contributed by atoms with E-state index < -0.39 is 0 Å². The van der Waals surface area contributed by atoms with E-state index in [0.29, 0.717) is 11.3 Å². The second-order valence-electron chi connectivity index (χ2n) is 4.88. The molecule has 0 bridgehead atoms. The smallest absolute Gasteiger partial charge is 0.193 e. The van der Waals surface area contributed by atoms with Gasteiger partial charge in [-0.3, -0.25) is 4.79 Å². The number of nitrogen functional groups attached to an aromatic ring is 1. The summed E-state index contributed by atoms with van der Waals surface area (Å²) in [4.78, 5) is 12.8. The van der Waals surface area contributed by atoms with Crippen molar-refractivity contribution in [1.29, 1.82) is 0 Å². The second-order valence-corrected chi connectivity index (χ2v) is 4.88. The van der Waals surface area contributed by atoms with Crippen molar-refractivity contribution in [3.63, 3.8) is 0 Å². The van der Waals surface area contributed by atoms with Crippen molar-refractivity contribution in [1.82, 2.24) is 0 Å². The lowest BCUT2D eigenvalue weighted by molar-refractivity contribution is 0.104. The van der Waals surface area contributed by atoms with E-state index in [2.05, 4.69) is 0 Å². The highest BCUT2D eigenvalue weighted by molar-refractivity contribution is 6.17. The summed E-state index contributed by atoms with van der Waals surface area (Å²) in [6.45, 7) is 1.88. The maximum absolute atomic E-state index is 12.8. The third kappa shape index (κ3) is 1.95. The summed E-state index contributed by atoms with van der Waals surface area (Å²) in [6, 6.07) is 19.2. The number of carbonyl (C=O) groups is 1. The predicted molar refractivity (Wildman–Crippen MR) is 83.0 cm³/mol. The number of benzene rings is 3. The molecule has 98 valence electrons. The largest absolute Gasteiger partial charge is 0.398 e. The lowest BCUT2D eigenvalue weighted by Gasteiger charge is -2.09. The molecule has 0 unspecified atom stereocenters. The van der Waals surface area contributed by atoms with Gasteiger partial charge in [-0.1, -0.05) is 54.6 Å². The van der Waals surface area contributed by atoms with Crippen LogP contribution in [0, 0.1) is 6.92 Å². The third-order valence-corrected chi connectivity index (χ3v) is 3.65. The van der Waals surface area contributed by atoms with Gasteiger partial charge in [0.15, 0.2) is 5.78 Å². The summed E-state index contributed by atoms with van der Waals surface area (Å²) in [5, 5.41) is 2.04. The molecule has 0 aliphatic heterocycles. The fourth-order valence-electron chi connectivity index (χ4n) is 2.47. The lowest BCUT2D eigenvalue weighted by Crippen LogP contribution is -2.06. The Morgan fingerprint density at radius 2 is 1.50 bits per heavy atom. The molecule has 3 aromatic carbocycles. The highest BCUT2D eigenvalue weighted by Gasteiger charge is 2.15. The monoisotopic (exact) mass is 261 g/mol. The molecule has 0 aliphatic carbocycles. The fourth-order valence-corrected chi connectivity index (χ4v) is 2.47. The van der Waals surface area contributed by atoms with Gasteiger partial charge in [-0.25, -0.2) is 0 Å². The first-order valence-corrected chi connectivity index (χ1v) is 6.56. The molecule has 0 heterocycles. The number of hydrogen-bond donors (Lipinski definition) is 1. The van der Waals surface area contributed by atoms with Crippen molar-refractivity contribution in [2.45, 2.75) is 6.92 Å². The summed E-state index contributed by atoms with van der Waals surface area (Å²) in [7, 11) is 0. The van der Waals surface area contributed by atoms with Gasteiger partial charge in [0.25, 0.3) is 0 Å². The highest BCUT2D eigenvalue weighted by Crippen LogP contribution is 2.24. The van der Waals surface area contributed by atoms with E-state index in [1.54, 1.807) is 0 Å². The number of ketones is 1. The number of nitrogens with two attached hydrogens (primary N) is 1. The van der Waals surface area contributed by atoms with E-state index in [4.69, 9.17) is 5.73 Å². The van der Waals surface area contributed by atoms with Crippen molar-refractivity contribution >= 4 is 22.2 Å². The number of anilines is 1. The molecule has 0 atom stereocenters. The topological polar surface area (TPSA) is 43.1 Å². The quantitative estimate of drug-likeness (QED) is 0.560. The number of rotatable bonds is 2. The lowest BCUT2D eigenvalue weighted by atomic mass is 9.94. The van der Waals surface area contributed by atoms with Gasteiger partial charge in [0.1, 0.15) is 0 Å². The van der Waals surface area contributed by atoms with Gasteiger partial charge in [0.2, 0.25) is 0 Å². The Labute approximate surface area is 117 Å². The minimum absolute atomic E-state index is 0.0200. The Morgan fingerprint density at radius 3 is 2.35 bits per heavy atom. The summed E-state index contributed by atoms with van der Waals surface area (Å²) in [5.41, 5.74) is 8.77. The molecule has 0 aromatic heterocycles. The summed E-state index contributed by atoms with van der Waals surface area (Å²) in [6.07, 6.45) is 0. The van der Waals surface area contributed by atoms with Gasteiger partial charge in [0, 0.05) is 16.8 Å². The number of fused-ring (bicyclic) bond motifs is 1. The van der Waals surface area contributed by atoms with Crippen molar-refractivity contribution in [2.24, 2.45) is 0 Å². The van der Waals surface area contributed by atoms with Crippen molar-refractivity contribution in [3.8, 4) is 0 Å². The Bertz CT molecular complexity index is 800. The SMILES string of the molecule is Cc1c(N)cccc1C(=O)c1cccc2ccccc12. The van der Waals surface area contributed by atoms with Crippen LogP contribution in [0.5, 0.6) is 0 Å². The highest BCUT2D eigenvalue weighted by atomic mass is 16.1. The molecule has 0 saturated heterocycles. The molecule has 2 nitrogen and oxygen atoms in total. The average Bonchev–Trinajstić information content (AvgIpc) is 2.49. The van der Waals surface area contributed by atoms with Crippen molar-refractivity contribution in [3.05, 3.63) is 77.4 Å². The molecule has 0 amide bonds. The van der Waals surface area contributed by atoms with Gasteiger partial charge in [-0.2, -0.15) is 0 Å². The third-order valence-electron chi connectivity index (χ3n) is 3.65. The molecule has 3 rings (SSSR count). The number of carbonyl (C=O) groups excluding carboxylic acids is 1. The first-order chi connectivity index (χ1) is 9.68. The molecule has 0 radical (unpaired) electrons. The Balaban J connectivity index is 2.21. The maximum atomic E-state index is 12.8. The van der Waals surface area contributed by atoms with Crippen LogP contribution in [0.3, 0.4) is 0 Å². The summed E-state index contributed by atoms with van der Waals surface area (Å²) >= 11 is 0. The minimum Gasteiger partial charge on any atom is -0.398 e. The van der Waals surface area contributed by atoms with E-state index in [1.807, 2.05) is 67.6 Å². The zero-order valence-electron chi connectivity index (χ0n) is 11.3. The van der Waals surface area contributed by atoms with Crippen molar-refractivity contribution < 1.29 is 4.79 Å². The predicted octanol–water partition coefficient (Wildman–Crippen LogP) is 3.96. The van der Waals surface area contributed by atoms with Crippen LogP contribution in [0.25, 0.3) is 10.8 Å². The van der Waals surface area contributed by atoms with Crippen LogP contribution in [0.4, 0.5) is 5.69 Å². The maximum Gasteiger partial charge on any atom is 0.193 e. The van der Waals surface area contributed by atoms with Crippen LogP contribution < -0.4 is 5.73 Å². The summed E-state index contributed by atoms with van der Waals surface area (Å²) < 4.78 is 0. The van der Waals surface area contributed by atoms with E-state index in [0.717, 1.165) is 21.9 Å².